The molecule has 0 spiro atoms. The van der Waals surface area contributed by atoms with Gasteiger partial charge in [-0.25, -0.2) is 0 Å². The monoisotopic (exact) mass is 148 g/mol. The second kappa shape index (κ2) is 2.98. The van der Waals surface area contributed by atoms with Gasteiger partial charge in [0.1, 0.15) is 5.92 Å². The molecule has 0 rings (SSSR count). The lowest BCUT2D eigenvalue weighted by atomic mass is 9.98. The number of carboxylic acid groups (broad SMARTS) is 1. The van der Waals surface area contributed by atoms with Gasteiger partial charge in [-0.1, -0.05) is 6.92 Å². The van der Waals surface area contributed by atoms with E-state index in [0.29, 0.717) is 0 Å². The molecule has 0 aliphatic carbocycles. The van der Waals surface area contributed by atoms with E-state index in [0.717, 1.165) is 6.92 Å². The highest BCUT2D eigenvalue weighted by Gasteiger charge is 2.33. The molecule has 0 aromatic rings. The van der Waals surface area contributed by atoms with Crippen LogP contribution in [0.3, 0.4) is 0 Å². The van der Waals surface area contributed by atoms with E-state index in [1.54, 1.807) is 6.92 Å². The van der Waals surface area contributed by atoms with Crippen LogP contribution in [-0.2, 0) is 4.79 Å². The molecule has 0 fully saturated rings. The molecule has 3 N–H and O–H groups in total. The van der Waals surface area contributed by atoms with Gasteiger partial charge in [-0.3, -0.25) is 4.79 Å². The van der Waals surface area contributed by atoms with Crippen LogP contribution in [0.25, 0.3) is 0 Å². The first-order valence-corrected chi connectivity index (χ1v) is 3.07. The van der Waals surface area contributed by atoms with Crippen LogP contribution in [-0.4, -0.2) is 27.1 Å². The molecule has 0 aromatic heterocycles. The van der Waals surface area contributed by atoms with Gasteiger partial charge in [0.25, 0.3) is 0 Å². The molecule has 1 atom stereocenters. The largest absolute Gasteiger partial charge is 0.481 e. The zero-order valence-electron chi connectivity index (χ0n) is 6.03. The van der Waals surface area contributed by atoms with Crippen LogP contribution in [0.15, 0.2) is 0 Å². The van der Waals surface area contributed by atoms with Crippen molar-refractivity contribution < 1.29 is 20.1 Å². The number of aliphatic hydroxyl groups is 2. The fourth-order valence-corrected chi connectivity index (χ4v) is 0.795. The molecule has 0 saturated heterocycles. The van der Waals surface area contributed by atoms with E-state index in [2.05, 4.69) is 0 Å². The Morgan fingerprint density at radius 1 is 1.60 bits per heavy atom. The van der Waals surface area contributed by atoms with Crippen molar-refractivity contribution in [1.82, 2.24) is 0 Å². The average Bonchev–Trinajstić information content (AvgIpc) is 1.60. The fraction of sp³-hybridized carbons (Fsp3) is 0.833. The second-order valence-electron chi connectivity index (χ2n) is 2.39. The lowest BCUT2D eigenvalue weighted by Gasteiger charge is -2.22. The highest BCUT2D eigenvalue weighted by atomic mass is 16.5. The van der Waals surface area contributed by atoms with E-state index in [1.165, 1.54) is 0 Å². The van der Waals surface area contributed by atoms with Crippen LogP contribution >= 0.6 is 0 Å². The Balaban J connectivity index is 4.22. The van der Waals surface area contributed by atoms with Gasteiger partial charge in [0.2, 0.25) is 0 Å². The van der Waals surface area contributed by atoms with Crippen molar-refractivity contribution in [2.75, 3.05) is 0 Å². The van der Waals surface area contributed by atoms with E-state index in [4.69, 9.17) is 15.3 Å². The van der Waals surface area contributed by atoms with Crippen molar-refractivity contribution in [3.63, 3.8) is 0 Å². The molecular formula is C6H12O4. The summed E-state index contributed by atoms with van der Waals surface area (Å²) in [4.78, 5) is 10.3. The molecule has 0 radical (unpaired) electrons. The molecule has 60 valence electrons. The maximum Gasteiger partial charge on any atom is 0.311 e. The third-order valence-electron chi connectivity index (χ3n) is 1.37. The number of carboxylic acids is 1. The van der Waals surface area contributed by atoms with Gasteiger partial charge in [0, 0.05) is 0 Å². The molecule has 0 aliphatic heterocycles. The highest BCUT2D eigenvalue weighted by molar-refractivity contribution is 5.70. The average molecular weight is 148 g/mol. The predicted octanol–water partition coefficient (Wildman–Crippen LogP) is -0.202. The highest BCUT2D eigenvalue weighted by Crippen LogP contribution is 2.16. The van der Waals surface area contributed by atoms with Crippen LogP contribution in [0.4, 0.5) is 0 Å². The molecule has 0 saturated carbocycles. The summed E-state index contributed by atoms with van der Waals surface area (Å²) in [6, 6.07) is 0. The summed E-state index contributed by atoms with van der Waals surface area (Å²) in [5, 5.41) is 26.0. The van der Waals surface area contributed by atoms with Gasteiger partial charge in [0.05, 0.1) is 0 Å². The zero-order valence-corrected chi connectivity index (χ0v) is 6.03. The molecule has 0 aromatic carbocycles. The molecule has 10 heavy (non-hydrogen) atoms. The Labute approximate surface area is 59.1 Å². The van der Waals surface area contributed by atoms with Gasteiger partial charge in [-0.2, -0.15) is 0 Å². The summed E-state index contributed by atoms with van der Waals surface area (Å²) >= 11 is 0. The van der Waals surface area contributed by atoms with Crippen molar-refractivity contribution in [2.24, 2.45) is 5.92 Å². The molecule has 4 nitrogen and oxygen atoms in total. The fourth-order valence-electron chi connectivity index (χ4n) is 0.795. The van der Waals surface area contributed by atoms with Gasteiger partial charge in [-0.05, 0) is 13.3 Å². The van der Waals surface area contributed by atoms with Crippen molar-refractivity contribution >= 4 is 5.97 Å². The summed E-state index contributed by atoms with van der Waals surface area (Å²) in [5.41, 5.74) is 0. The molecular weight excluding hydrogens is 136 g/mol. The van der Waals surface area contributed by atoms with Gasteiger partial charge < -0.3 is 15.3 Å². The quantitative estimate of drug-likeness (QED) is 0.484. The summed E-state index contributed by atoms with van der Waals surface area (Å²) in [6.07, 6.45) is 0.207. The van der Waals surface area contributed by atoms with E-state index in [1.807, 2.05) is 0 Å². The van der Waals surface area contributed by atoms with Crippen LogP contribution in [0.2, 0.25) is 0 Å². The summed E-state index contributed by atoms with van der Waals surface area (Å²) in [6.45, 7) is 2.65. The van der Waals surface area contributed by atoms with E-state index < -0.39 is 17.7 Å². The first-order chi connectivity index (χ1) is 4.39. The van der Waals surface area contributed by atoms with E-state index >= 15 is 0 Å². The topological polar surface area (TPSA) is 77.8 Å². The number of rotatable bonds is 3. The molecule has 0 heterocycles. The van der Waals surface area contributed by atoms with E-state index in [9.17, 15) is 4.79 Å². The van der Waals surface area contributed by atoms with Crippen LogP contribution < -0.4 is 0 Å². The van der Waals surface area contributed by atoms with Crippen molar-refractivity contribution in [3.8, 4) is 0 Å². The summed E-state index contributed by atoms with van der Waals surface area (Å²) < 4.78 is 0. The van der Waals surface area contributed by atoms with Gasteiger partial charge in [-0.15, -0.1) is 0 Å². The molecule has 0 amide bonds. The Kier molecular flexibility index (Phi) is 2.80. The lowest BCUT2D eigenvalue weighted by Crippen LogP contribution is -2.38. The molecule has 0 aliphatic rings. The third kappa shape index (κ3) is 2.33. The molecule has 1 unspecified atom stereocenters. The first-order valence-electron chi connectivity index (χ1n) is 3.07. The molecule has 0 bridgehead atoms. The van der Waals surface area contributed by atoms with Gasteiger partial charge >= 0.3 is 5.97 Å². The maximum atomic E-state index is 10.3. The summed E-state index contributed by atoms with van der Waals surface area (Å²) in [5.74, 6) is -4.40. The smallest absolute Gasteiger partial charge is 0.311 e. The van der Waals surface area contributed by atoms with Crippen molar-refractivity contribution in [2.45, 2.75) is 26.1 Å². The minimum absolute atomic E-state index is 0.207. The Morgan fingerprint density at radius 2 is 2.00 bits per heavy atom. The summed E-state index contributed by atoms with van der Waals surface area (Å²) in [7, 11) is 0. The minimum atomic E-state index is -2.11. The predicted molar refractivity (Wildman–Crippen MR) is 34.3 cm³/mol. The number of hydrogen-bond acceptors (Lipinski definition) is 3. The molecule has 4 heteroatoms. The zero-order chi connectivity index (χ0) is 8.36. The minimum Gasteiger partial charge on any atom is -0.481 e. The second-order valence-corrected chi connectivity index (χ2v) is 2.39. The van der Waals surface area contributed by atoms with Crippen molar-refractivity contribution in [1.29, 1.82) is 0 Å². The number of hydrogen-bond donors (Lipinski definition) is 3. The third-order valence-corrected chi connectivity index (χ3v) is 1.37. The van der Waals surface area contributed by atoms with Crippen LogP contribution in [0, 0.1) is 5.92 Å². The normalized spacial score (nSPS) is 14.8. The van der Waals surface area contributed by atoms with Gasteiger partial charge in [0.15, 0.2) is 5.79 Å². The Hall–Kier alpha value is -0.610. The van der Waals surface area contributed by atoms with Crippen LogP contribution in [0.1, 0.15) is 20.3 Å². The SMILES string of the molecule is CCC(C(=O)O)C(C)(O)O. The number of aliphatic carboxylic acids is 1. The maximum absolute atomic E-state index is 10.3. The Morgan fingerprint density at radius 3 is 2.00 bits per heavy atom. The van der Waals surface area contributed by atoms with E-state index in [-0.39, 0.29) is 6.42 Å². The number of carbonyl (C=O) groups is 1. The van der Waals surface area contributed by atoms with Crippen molar-refractivity contribution in [3.05, 3.63) is 0 Å². The van der Waals surface area contributed by atoms with Crippen LogP contribution in [0.5, 0.6) is 0 Å². The first kappa shape index (κ1) is 9.39. The lowest BCUT2D eigenvalue weighted by molar-refractivity contribution is -0.199. The Bertz CT molecular complexity index is 124. The standard InChI is InChI=1S/C6H12O4/c1-3-4(5(7)8)6(2,9)10/h4,9-10H,3H2,1-2H3,(H,7,8).